The van der Waals surface area contributed by atoms with Gasteiger partial charge in [0.05, 0.1) is 15.6 Å². The third-order valence-electron chi connectivity index (χ3n) is 2.71. The van der Waals surface area contributed by atoms with Crippen molar-refractivity contribution in [3.05, 3.63) is 54.4 Å². The second-order valence-electron chi connectivity index (χ2n) is 4.36. The van der Waals surface area contributed by atoms with Gasteiger partial charge in [0.25, 0.3) is 5.69 Å². The zero-order valence-electron chi connectivity index (χ0n) is 10.9. The van der Waals surface area contributed by atoms with E-state index in [-0.39, 0.29) is 10.6 Å². The molecule has 0 bridgehead atoms. The average molecular weight is 356 g/mol. The van der Waals surface area contributed by atoms with Crippen LogP contribution in [0.2, 0.25) is 0 Å². The minimum Gasteiger partial charge on any atom is -0.312 e. The van der Waals surface area contributed by atoms with Crippen LogP contribution in [0.5, 0.6) is 0 Å². The molecule has 2 aromatic rings. The Hall–Kier alpha value is -1.31. The molecule has 5 nitrogen and oxygen atoms in total. The Morgan fingerprint density at radius 1 is 1.45 bits per heavy atom. The Kier molecular flexibility index (Phi) is 5.22. The van der Waals surface area contributed by atoms with Crippen LogP contribution in [0.15, 0.2) is 28.1 Å². The third kappa shape index (κ3) is 4.36. The van der Waals surface area contributed by atoms with Crippen LogP contribution in [0.3, 0.4) is 0 Å². The maximum atomic E-state index is 10.8. The molecule has 0 aliphatic rings. The Morgan fingerprint density at radius 3 is 2.90 bits per heavy atom. The Balaban J connectivity index is 1.86. The lowest BCUT2D eigenvalue weighted by molar-refractivity contribution is -0.385. The second kappa shape index (κ2) is 6.92. The monoisotopic (exact) mass is 355 g/mol. The smallest absolute Gasteiger partial charge is 0.270 e. The predicted octanol–water partition coefficient (Wildman–Crippen LogP) is 3.45. The van der Waals surface area contributed by atoms with Gasteiger partial charge in [-0.05, 0) is 18.6 Å². The number of hydrogen-bond donors (Lipinski definition) is 1. The van der Waals surface area contributed by atoms with Crippen LogP contribution in [0.4, 0.5) is 5.69 Å². The van der Waals surface area contributed by atoms with E-state index in [2.05, 4.69) is 31.6 Å². The molecule has 0 fully saturated rings. The van der Waals surface area contributed by atoms with E-state index in [1.165, 1.54) is 6.07 Å². The van der Waals surface area contributed by atoms with E-state index >= 15 is 0 Å². The zero-order valence-corrected chi connectivity index (χ0v) is 13.3. The summed E-state index contributed by atoms with van der Waals surface area (Å²) in [6.07, 6.45) is 0.862. The molecule has 0 saturated carbocycles. The maximum Gasteiger partial charge on any atom is 0.270 e. The van der Waals surface area contributed by atoms with Gasteiger partial charge in [0.2, 0.25) is 0 Å². The van der Waals surface area contributed by atoms with Crippen LogP contribution in [0.25, 0.3) is 0 Å². The van der Waals surface area contributed by atoms with Crippen molar-refractivity contribution in [3.8, 4) is 0 Å². The molecule has 2 rings (SSSR count). The number of aromatic nitrogens is 1. The molecule has 0 amide bonds. The van der Waals surface area contributed by atoms with E-state index in [4.69, 9.17) is 0 Å². The number of rotatable bonds is 6. The number of nitro groups is 1. The van der Waals surface area contributed by atoms with Crippen molar-refractivity contribution in [3.63, 3.8) is 0 Å². The summed E-state index contributed by atoms with van der Waals surface area (Å²) in [5, 5.41) is 17.2. The molecule has 0 saturated heterocycles. The van der Waals surface area contributed by atoms with Crippen LogP contribution >= 0.6 is 27.3 Å². The van der Waals surface area contributed by atoms with Crippen LogP contribution in [0.1, 0.15) is 16.3 Å². The summed E-state index contributed by atoms with van der Waals surface area (Å²) >= 11 is 4.93. The van der Waals surface area contributed by atoms with Crippen LogP contribution in [-0.4, -0.2) is 16.5 Å². The van der Waals surface area contributed by atoms with Gasteiger partial charge >= 0.3 is 0 Å². The average Bonchev–Trinajstić information content (AvgIpc) is 2.80. The van der Waals surface area contributed by atoms with E-state index in [1.54, 1.807) is 17.4 Å². The highest BCUT2D eigenvalue weighted by molar-refractivity contribution is 9.10. The van der Waals surface area contributed by atoms with Crippen molar-refractivity contribution in [1.82, 2.24) is 10.3 Å². The molecule has 0 radical (unpaired) electrons. The van der Waals surface area contributed by atoms with E-state index in [0.29, 0.717) is 6.54 Å². The summed E-state index contributed by atoms with van der Waals surface area (Å²) in [5.41, 5.74) is 2.08. The number of non-ortho nitro benzene ring substituents is 1. The standard InChI is InChI=1S/C13H14BrN3O2S/c1-9-16-12(8-20-9)2-3-15-7-10-4-11(14)6-13(5-10)17(18)19/h4-6,8,15H,2-3,7H2,1H3. The lowest BCUT2D eigenvalue weighted by Gasteiger charge is -2.05. The van der Waals surface area contributed by atoms with Gasteiger partial charge in [-0.25, -0.2) is 4.98 Å². The zero-order chi connectivity index (χ0) is 14.5. The molecule has 0 aliphatic carbocycles. The Bertz CT molecular complexity index is 615. The molecule has 0 atom stereocenters. The Morgan fingerprint density at radius 2 is 2.25 bits per heavy atom. The highest BCUT2D eigenvalue weighted by Crippen LogP contribution is 2.21. The number of nitro benzene ring substituents is 1. The van der Waals surface area contributed by atoms with Crippen LogP contribution < -0.4 is 5.32 Å². The summed E-state index contributed by atoms with van der Waals surface area (Å²) in [5.74, 6) is 0. The quantitative estimate of drug-likeness (QED) is 0.489. The Labute approximate surface area is 129 Å². The molecule has 0 aliphatic heterocycles. The van der Waals surface area contributed by atoms with Gasteiger partial charge in [0.1, 0.15) is 0 Å². The number of nitrogens with one attached hydrogen (secondary N) is 1. The lowest BCUT2D eigenvalue weighted by Crippen LogP contribution is -2.16. The molecule has 1 heterocycles. The second-order valence-corrected chi connectivity index (χ2v) is 6.34. The van der Waals surface area contributed by atoms with Crippen molar-refractivity contribution in [2.24, 2.45) is 0 Å². The number of nitrogens with zero attached hydrogens (tertiary/aromatic N) is 2. The van der Waals surface area contributed by atoms with Crippen molar-refractivity contribution in [1.29, 1.82) is 0 Å². The topological polar surface area (TPSA) is 68.1 Å². The van der Waals surface area contributed by atoms with Gasteiger partial charge in [-0.3, -0.25) is 10.1 Å². The third-order valence-corrected chi connectivity index (χ3v) is 3.99. The van der Waals surface area contributed by atoms with Gasteiger partial charge < -0.3 is 5.32 Å². The molecule has 1 aromatic heterocycles. The molecule has 20 heavy (non-hydrogen) atoms. The van der Waals surface area contributed by atoms with Gasteiger partial charge in [-0.1, -0.05) is 15.9 Å². The first-order chi connectivity index (χ1) is 9.54. The fourth-order valence-electron chi connectivity index (χ4n) is 1.81. The number of aryl methyl sites for hydroxylation is 1. The fourth-order valence-corrected chi connectivity index (χ4v) is 2.99. The van der Waals surface area contributed by atoms with Crippen LogP contribution in [0, 0.1) is 17.0 Å². The first-order valence-electron chi connectivity index (χ1n) is 6.10. The number of hydrogen-bond acceptors (Lipinski definition) is 5. The molecule has 1 aromatic carbocycles. The number of halogens is 1. The summed E-state index contributed by atoms with van der Waals surface area (Å²) < 4.78 is 0.721. The minimum atomic E-state index is -0.383. The van der Waals surface area contributed by atoms with E-state index in [1.807, 2.05) is 13.0 Å². The van der Waals surface area contributed by atoms with Crippen molar-refractivity contribution < 1.29 is 4.92 Å². The normalized spacial score (nSPS) is 10.7. The first kappa shape index (κ1) is 15.1. The summed E-state index contributed by atoms with van der Waals surface area (Å²) in [7, 11) is 0. The van der Waals surface area contributed by atoms with Gasteiger partial charge in [0.15, 0.2) is 0 Å². The SMILES string of the molecule is Cc1nc(CCNCc2cc(Br)cc([N+](=O)[O-])c2)cs1. The summed E-state index contributed by atoms with van der Waals surface area (Å²) in [6, 6.07) is 4.97. The van der Waals surface area contributed by atoms with Crippen molar-refractivity contribution in [2.45, 2.75) is 19.9 Å². The molecule has 7 heteroatoms. The van der Waals surface area contributed by atoms with E-state index in [0.717, 1.165) is 33.7 Å². The number of thiazole rings is 1. The largest absolute Gasteiger partial charge is 0.312 e. The molecular weight excluding hydrogens is 342 g/mol. The molecule has 0 unspecified atom stereocenters. The molecule has 106 valence electrons. The molecular formula is C13H14BrN3O2S. The van der Waals surface area contributed by atoms with E-state index < -0.39 is 0 Å². The van der Waals surface area contributed by atoms with E-state index in [9.17, 15) is 10.1 Å². The minimum absolute atomic E-state index is 0.103. The molecule has 1 N–H and O–H groups in total. The maximum absolute atomic E-state index is 10.8. The van der Waals surface area contributed by atoms with Gasteiger partial charge in [-0.15, -0.1) is 11.3 Å². The summed E-state index contributed by atoms with van der Waals surface area (Å²) in [4.78, 5) is 14.8. The molecule has 0 spiro atoms. The highest BCUT2D eigenvalue weighted by Gasteiger charge is 2.08. The number of benzene rings is 1. The van der Waals surface area contributed by atoms with Crippen LogP contribution in [-0.2, 0) is 13.0 Å². The first-order valence-corrected chi connectivity index (χ1v) is 7.77. The van der Waals surface area contributed by atoms with Gasteiger partial charge in [0, 0.05) is 41.5 Å². The van der Waals surface area contributed by atoms with Crippen molar-refractivity contribution in [2.75, 3.05) is 6.54 Å². The fraction of sp³-hybridized carbons (Fsp3) is 0.308. The van der Waals surface area contributed by atoms with Crippen molar-refractivity contribution >= 4 is 33.0 Å². The lowest BCUT2D eigenvalue weighted by atomic mass is 10.2. The predicted molar refractivity (Wildman–Crippen MR) is 83.1 cm³/mol. The van der Waals surface area contributed by atoms with Gasteiger partial charge in [-0.2, -0.15) is 0 Å². The highest BCUT2D eigenvalue weighted by atomic mass is 79.9. The summed E-state index contributed by atoms with van der Waals surface area (Å²) in [6.45, 7) is 3.38.